The van der Waals surface area contributed by atoms with Crippen molar-refractivity contribution in [2.45, 2.75) is 13.3 Å². The van der Waals surface area contributed by atoms with Crippen molar-refractivity contribution in [1.29, 1.82) is 0 Å². The SMILES string of the molecule is CCOc1ccccc1Nc1cc(C(=O)NCCc2ccccc2F)ccn1. The zero-order valence-corrected chi connectivity index (χ0v) is 15.6. The van der Waals surface area contributed by atoms with Crippen LogP contribution in [0.15, 0.2) is 66.9 Å². The standard InChI is InChI=1S/C22H22FN3O2/c1-2-28-20-10-6-5-9-19(20)26-21-15-17(12-13-24-21)22(27)25-14-11-16-7-3-4-8-18(16)23/h3-10,12-13,15H,2,11,14H2,1H3,(H,24,26)(H,25,27). The normalized spacial score (nSPS) is 10.4. The number of nitrogens with zero attached hydrogens (tertiary/aromatic N) is 1. The van der Waals surface area contributed by atoms with E-state index in [0.717, 1.165) is 5.69 Å². The summed E-state index contributed by atoms with van der Waals surface area (Å²) in [6.45, 7) is 2.82. The van der Waals surface area contributed by atoms with E-state index >= 15 is 0 Å². The molecule has 1 aromatic heterocycles. The highest BCUT2D eigenvalue weighted by Gasteiger charge is 2.09. The van der Waals surface area contributed by atoms with Gasteiger partial charge < -0.3 is 15.4 Å². The molecule has 2 aromatic carbocycles. The van der Waals surface area contributed by atoms with E-state index in [1.165, 1.54) is 6.07 Å². The van der Waals surface area contributed by atoms with E-state index in [2.05, 4.69) is 15.6 Å². The zero-order valence-electron chi connectivity index (χ0n) is 15.6. The monoisotopic (exact) mass is 379 g/mol. The lowest BCUT2D eigenvalue weighted by atomic mass is 10.1. The Bertz CT molecular complexity index is 946. The van der Waals surface area contributed by atoms with Gasteiger partial charge in [-0.05, 0) is 49.2 Å². The smallest absolute Gasteiger partial charge is 0.251 e. The average molecular weight is 379 g/mol. The van der Waals surface area contributed by atoms with Gasteiger partial charge in [0.05, 0.1) is 12.3 Å². The summed E-state index contributed by atoms with van der Waals surface area (Å²) in [5.41, 5.74) is 1.82. The molecule has 0 fully saturated rings. The summed E-state index contributed by atoms with van der Waals surface area (Å²) in [5, 5.41) is 5.99. The fraction of sp³-hybridized carbons (Fsp3) is 0.182. The molecule has 1 amide bonds. The maximum atomic E-state index is 13.6. The van der Waals surface area contributed by atoms with Crippen molar-refractivity contribution >= 4 is 17.4 Å². The van der Waals surface area contributed by atoms with E-state index < -0.39 is 0 Å². The van der Waals surface area contributed by atoms with Crippen molar-refractivity contribution in [3.63, 3.8) is 0 Å². The predicted molar refractivity (Wildman–Crippen MR) is 108 cm³/mol. The van der Waals surface area contributed by atoms with Crippen LogP contribution in [0.5, 0.6) is 5.75 Å². The Balaban J connectivity index is 1.63. The third kappa shape index (κ3) is 5.07. The number of ether oxygens (including phenoxy) is 1. The molecule has 1 heterocycles. The minimum atomic E-state index is -0.264. The van der Waals surface area contributed by atoms with Gasteiger partial charge in [-0.2, -0.15) is 0 Å². The van der Waals surface area contributed by atoms with Crippen molar-refractivity contribution in [1.82, 2.24) is 10.3 Å². The maximum Gasteiger partial charge on any atom is 0.251 e. The molecule has 6 heteroatoms. The molecule has 0 spiro atoms. The fourth-order valence-electron chi connectivity index (χ4n) is 2.74. The van der Waals surface area contributed by atoms with Crippen LogP contribution in [0.1, 0.15) is 22.8 Å². The van der Waals surface area contributed by atoms with Gasteiger partial charge in [0, 0.05) is 18.3 Å². The van der Waals surface area contributed by atoms with E-state index in [0.29, 0.717) is 42.3 Å². The Labute approximate surface area is 163 Å². The topological polar surface area (TPSA) is 63.2 Å². The second kappa shape index (κ2) is 9.50. The number of carbonyl (C=O) groups is 1. The lowest BCUT2D eigenvalue weighted by Gasteiger charge is -2.12. The maximum absolute atomic E-state index is 13.6. The van der Waals surface area contributed by atoms with Gasteiger partial charge in [0.2, 0.25) is 0 Å². The first-order chi connectivity index (χ1) is 13.7. The molecule has 0 bridgehead atoms. The van der Waals surface area contributed by atoms with Crippen LogP contribution in [0, 0.1) is 5.82 Å². The van der Waals surface area contributed by atoms with Gasteiger partial charge >= 0.3 is 0 Å². The summed E-state index contributed by atoms with van der Waals surface area (Å²) in [6, 6.07) is 17.4. The summed E-state index contributed by atoms with van der Waals surface area (Å²) in [6.07, 6.45) is 1.99. The number of halogens is 1. The van der Waals surface area contributed by atoms with Crippen molar-refractivity contribution < 1.29 is 13.9 Å². The molecule has 28 heavy (non-hydrogen) atoms. The van der Waals surface area contributed by atoms with Crippen molar-refractivity contribution in [2.24, 2.45) is 0 Å². The Hall–Kier alpha value is -3.41. The summed E-state index contributed by atoms with van der Waals surface area (Å²) in [5.74, 6) is 0.750. The highest BCUT2D eigenvalue weighted by atomic mass is 19.1. The lowest BCUT2D eigenvalue weighted by molar-refractivity contribution is 0.0954. The minimum Gasteiger partial charge on any atom is -0.492 e. The number of pyridine rings is 1. The van der Waals surface area contributed by atoms with Crippen molar-refractivity contribution in [3.05, 3.63) is 83.8 Å². The highest BCUT2D eigenvalue weighted by Crippen LogP contribution is 2.26. The molecule has 0 aliphatic rings. The third-order valence-electron chi connectivity index (χ3n) is 4.11. The number of aromatic nitrogens is 1. The predicted octanol–water partition coefficient (Wildman–Crippen LogP) is 4.34. The van der Waals surface area contributed by atoms with Crippen molar-refractivity contribution in [3.8, 4) is 5.75 Å². The highest BCUT2D eigenvalue weighted by molar-refractivity contribution is 5.95. The van der Waals surface area contributed by atoms with Gasteiger partial charge in [-0.3, -0.25) is 4.79 Å². The molecule has 2 N–H and O–H groups in total. The lowest BCUT2D eigenvalue weighted by Crippen LogP contribution is -2.26. The molecular formula is C22H22FN3O2. The van der Waals surface area contributed by atoms with Crippen LogP contribution in [-0.2, 0) is 6.42 Å². The van der Waals surface area contributed by atoms with E-state index in [1.807, 2.05) is 31.2 Å². The minimum absolute atomic E-state index is 0.236. The molecule has 3 rings (SSSR count). The fourth-order valence-corrected chi connectivity index (χ4v) is 2.74. The zero-order chi connectivity index (χ0) is 19.8. The first kappa shape index (κ1) is 19.4. The van der Waals surface area contributed by atoms with Crippen LogP contribution in [0.2, 0.25) is 0 Å². The summed E-state index contributed by atoms with van der Waals surface area (Å²) >= 11 is 0. The first-order valence-electron chi connectivity index (χ1n) is 9.14. The number of rotatable bonds is 8. The van der Waals surface area contributed by atoms with Crippen molar-refractivity contribution in [2.75, 3.05) is 18.5 Å². The molecular weight excluding hydrogens is 357 g/mol. The quantitative estimate of drug-likeness (QED) is 0.611. The summed E-state index contributed by atoms with van der Waals surface area (Å²) in [4.78, 5) is 16.7. The third-order valence-corrected chi connectivity index (χ3v) is 4.11. The molecule has 144 valence electrons. The Morgan fingerprint density at radius 1 is 1.11 bits per heavy atom. The van der Waals surface area contributed by atoms with Gasteiger partial charge in [-0.1, -0.05) is 30.3 Å². The number of para-hydroxylation sites is 2. The largest absolute Gasteiger partial charge is 0.492 e. The van der Waals surface area contributed by atoms with E-state index in [1.54, 1.807) is 36.5 Å². The molecule has 0 aliphatic carbocycles. The van der Waals surface area contributed by atoms with Crippen LogP contribution >= 0.6 is 0 Å². The average Bonchev–Trinajstić information content (AvgIpc) is 2.71. The van der Waals surface area contributed by atoms with Gasteiger partial charge in [-0.25, -0.2) is 9.37 Å². The number of carbonyl (C=O) groups excluding carboxylic acids is 1. The second-order valence-corrected chi connectivity index (χ2v) is 6.08. The molecule has 0 saturated heterocycles. The number of anilines is 2. The molecule has 0 aliphatic heterocycles. The number of hydrogen-bond donors (Lipinski definition) is 2. The van der Waals surface area contributed by atoms with Gasteiger partial charge in [0.1, 0.15) is 17.4 Å². The van der Waals surface area contributed by atoms with E-state index in [9.17, 15) is 9.18 Å². The second-order valence-electron chi connectivity index (χ2n) is 6.08. The number of amides is 1. The number of hydrogen-bond acceptors (Lipinski definition) is 4. The number of benzene rings is 2. The molecule has 0 radical (unpaired) electrons. The van der Waals surface area contributed by atoms with E-state index in [4.69, 9.17) is 4.74 Å². The molecule has 0 atom stereocenters. The van der Waals surface area contributed by atoms with E-state index in [-0.39, 0.29) is 11.7 Å². The first-order valence-corrected chi connectivity index (χ1v) is 9.14. The summed E-state index contributed by atoms with van der Waals surface area (Å²) < 4.78 is 19.2. The van der Waals surface area contributed by atoms with Crippen LogP contribution < -0.4 is 15.4 Å². The van der Waals surface area contributed by atoms with Gasteiger partial charge in [0.15, 0.2) is 0 Å². The molecule has 5 nitrogen and oxygen atoms in total. The van der Waals surface area contributed by atoms with Crippen LogP contribution in [0.4, 0.5) is 15.9 Å². The molecule has 0 unspecified atom stereocenters. The summed E-state index contributed by atoms with van der Waals surface area (Å²) in [7, 11) is 0. The van der Waals surface area contributed by atoms with Crippen LogP contribution in [0.3, 0.4) is 0 Å². The van der Waals surface area contributed by atoms with Gasteiger partial charge in [-0.15, -0.1) is 0 Å². The van der Waals surface area contributed by atoms with Gasteiger partial charge in [0.25, 0.3) is 5.91 Å². The molecule has 3 aromatic rings. The van der Waals surface area contributed by atoms with Crippen LogP contribution in [-0.4, -0.2) is 24.0 Å². The Morgan fingerprint density at radius 3 is 2.71 bits per heavy atom. The Morgan fingerprint density at radius 2 is 1.89 bits per heavy atom. The van der Waals surface area contributed by atoms with Crippen LogP contribution in [0.25, 0.3) is 0 Å². The molecule has 0 saturated carbocycles. The Kier molecular flexibility index (Phi) is 6.57. The number of nitrogens with one attached hydrogen (secondary N) is 2.